The van der Waals surface area contributed by atoms with Crippen molar-refractivity contribution in [2.75, 3.05) is 5.75 Å². The van der Waals surface area contributed by atoms with E-state index >= 15 is 0 Å². The summed E-state index contributed by atoms with van der Waals surface area (Å²) in [5.74, 6) is -0.373. The molecule has 2 N–H and O–H groups in total. The number of nitrogens with zero attached hydrogens (tertiary/aromatic N) is 2. The topological polar surface area (TPSA) is 67.2 Å². The maximum Gasteiger partial charge on any atom is 0.324 e. The lowest BCUT2D eigenvalue weighted by Crippen LogP contribution is -2.54. The molecule has 102 valence electrons. The average molecular weight is 271 g/mol. The van der Waals surface area contributed by atoms with E-state index in [1.165, 1.54) is 11.8 Å². The SMILES string of the molecule is Cc1cc(SCC(C)(NC(C)C)C(=O)O)n(C)n1. The second-order valence-corrected chi connectivity index (χ2v) is 5.97. The van der Waals surface area contributed by atoms with Gasteiger partial charge in [-0.25, -0.2) is 0 Å². The minimum Gasteiger partial charge on any atom is -0.480 e. The first-order valence-corrected chi connectivity index (χ1v) is 6.87. The summed E-state index contributed by atoms with van der Waals surface area (Å²) in [6.45, 7) is 7.53. The molecule has 0 aliphatic rings. The van der Waals surface area contributed by atoms with E-state index in [2.05, 4.69) is 10.4 Å². The van der Waals surface area contributed by atoms with Gasteiger partial charge < -0.3 is 5.11 Å². The Labute approximate surface area is 112 Å². The Morgan fingerprint density at radius 2 is 2.28 bits per heavy atom. The van der Waals surface area contributed by atoms with E-state index in [1.54, 1.807) is 11.6 Å². The molecule has 1 rings (SSSR count). The number of carbonyl (C=O) groups is 1. The van der Waals surface area contributed by atoms with Gasteiger partial charge in [0.1, 0.15) is 5.54 Å². The maximum absolute atomic E-state index is 11.4. The van der Waals surface area contributed by atoms with E-state index < -0.39 is 11.5 Å². The summed E-state index contributed by atoms with van der Waals surface area (Å²) in [6.07, 6.45) is 0. The second kappa shape index (κ2) is 5.75. The van der Waals surface area contributed by atoms with Gasteiger partial charge in [0.15, 0.2) is 0 Å². The normalized spacial score (nSPS) is 14.8. The number of aliphatic carboxylic acids is 1. The Morgan fingerprint density at radius 1 is 1.67 bits per heavy atom. The van der Waals surface area contributed by atoms with Crippen LogP contribution < -0.4 is 5.32 Å². The molecule has 0 aliphatic carbocycles. The zero-order valence-electron chi connectivity index (χ0n) is 11.5. The van der Waals surface area contributed by atoms with Crippen LogP contribution in [0.2, 0.25) is 0 Å². The minimum atomic E-state index is -0.934. The summed E-state index contributed by atoms with van der Waals surface area (Å²) in [5, 5.41) is 17.7. The lowest BCUT2D eigenvalue weighted by Gasteiger charge is -2.28. The largest absolute Gasteiger partial charge is 0.480 e. The molecule has 1 unspecified atom stereocenters. The second-order valence-electron chi connectivity index (χ2n) is 4.97. The molecule has 18 heavy (non-hydrogen) atoms. The van der Waals surface area contributed by atoms with Crippen molar-refractivity contribution in [2.45, 2.75) is 44.3 Å². The van der Waals surface area contributed by atoms with Crippen LogP contribution in [0.25, 0.3) is 0 Å². The Bertz CT molecular complexity index is 431. The van der Waals surface area contributed by atoms with Crippen LogP contribution in [0, 0.1) is 6.92 Å². The summed E-state index contributed by atoms with van der Waals surface area (Å²) < 4.78 is 1.78. The molecule has 0 radical (unpaired) electrons. The smallest absolute Gasteiger partial charge is 0.324 e. The molecule has 0 aromatic carbocycles. The Morgan fingerprint density at radius 3 is 2.67 bits per heavy atom. The number of thioether (sulfide) groups is 1. The highest BCUT2D eigenvalue weighted by molar-refractivity contribution is 7.99. The minimum absolute atomic E-state index is 0.125. The first-order chi connectivity index (χ1) is 8.24. The van der Waals surface area contributed by atoms with Crippen LogP contribution in [-0.4, -0.2) is 38.2 Å². The molecule has 0 saturated heterocycles. The molecular weight excluding hydrogens is 250 g/mol. The van der Waals surface area contributed by atoms with Gasteiger partial charge in [0, 0.05) is 18.8 Å². The van der Waals surface area contributed by atoms with Crippen molar-refractivity contribution < 1.29 is 9.90 Å². The van der Waals surface area contributed by atoms with Gasteiger partial charge in [-0.2, -0.15) is 5.10 Å². The lowest BCUT2D eigenvalue weighted by molar-refractivity contribution is -0.143. The Kier molecular flexibility index (Phi) is 4.81. The summed E-state index contributed by atoms with van der Waals surface area (Å²) >= 11 is 1.50. The fraction of sp³-hybridized carbons (Fsp3) is 0.667. The van der Waals surface area contributed by atoms with Crippen molar-refractivity contribution in [1.82, 2.24) is 15.1 Å². The van der Waals surface area contributed by atoms with Crippen LogP contribution in [-0.2, 0) is 11.8 Å². The van der Waals surface area contributed by atoms with E-state index in [0.717, 1.165) is 10.7 Å². The monoisotopic (exact) mass is 271 g/mol. The predicted molar refractivity (Wildman–Crippen MR) is 73.0 cm³/mol. The van der Waals surface area contributed by atoms with Gasteiger partial charge in [-0.1, -0.05) is 0 Å². The molecule has 0 spiro atoms. The van der Waals surface area contributed by atoms with Crippen molar-refractivity contribution in [3.63, 3.8) is 0 Å². The molecular formula is C12H21N3O2S. The zero-order chi connectivity index (χ0) is 13.9. The van der Waals surface area contributed by atoms with Crippen LogP contribution >= 0.6 is 11.8 Å². The number of aromatic nitrogens is 2. The van der Waals surface area contributed by atoms with E-state index in [9.17, 15) is 9.90 Å². The van der Waals surface area contributed by atoms with Gasteiger partial charge >= 0.3 is 5.97 Å². The quantitative estimate of drug-likeness (QED) is 0.770. The molecule has 1 atom stereocenters. The van der Waals surface area contributed by atoms with Crippen LogP contribution in [0.5, 0.6) is 0 Å². The standard InChI is InChI=1S/C12H21N3O2S/c1-8(2)13-12(4,11(16)17)7-18-10-6-9(3)14-15(10)5/h6,8,13H,7H2,1-5H3,(H,16,17). The molecule has 1 aromatic rings. The van der Waals surface area contributed by atoms with Crippen LogP contribution in [0.3, 0.4) is 0 Å². The number of hydrogen-bond acceptors (Lipinski definition) is 4. The molecule has 0 amide bonds. The third kappa shape index (κ3) is 3.74. The van der Waals surface area contributed by atoms with Crippen molar-refractivity contribution >= 4 is 17.7 Å². The van der Waals surface area contributed by atoms with Gasteiger partial charge in [0.2, 0.25) is 0 Å². The van der Waals surface area contributed by atoms with Crippen molar-refractivity contribution in [3.8, 4) is 0 Å². The zero-order valence-corrected chi connectivity index (χ0v) is 12.3. The number of rotatable bonds is 6. The number of carboxylic acids is 1. The number of hydrogen-bond donors (Lipinski definition) is 2. The highest BCUT2D eigenvalue weighted by atomic mass is 32.2. The molecule has 0 fully saturated rings. The predicted octanol–water partition coefficient (Wildman–Crippen LogP) is 1.66. The van der Waals surface area contributed by atoms with Gasteiger partial charge in [0.05, 0.1) is 10.7 Å². The lowest BCUT2D eigenvalue weighted by atomic mass is 10.1. The molecule has 0 aliphatic heterocycles. The van der Waals surface area contributed by atoms with Gasteiger partial charge in [0.25, 0.3) is 0 Å². The summed E-state index contributed by atoms with van der Waals surface area (Å²) in [5.41, 5.74) is 0.00522. The summed E-state index contributed by atoms with van der Waals surface area (Å²) in [6, 6.07) is 2.09. The molecule has 1 aromatic heterocycles. The van der Waals surface area contributed by atoms with E-state index in [4.69, 9.17) is 0 Å². The van der Waals surface area contributed by atoms with Gasteiger partial charge in [-0.05, 0) is 33.8 Å². The Balaban J connectivity index is 2.74. The van der Waals surface area contributed by atoms with Crippen LogP contribution in [0.4, 0.5) is 0 Å². The first-order valence-electron chi connectivity index (χ1n) is 5.89. The fourth-order valence-corrected chi connectivity index (χ4v) is 2.87. The van der Waals surface area contributed by atoms with Crippen molar-refractivity contribution in [2.24, 2.45) is 7.05 Å². The van der Waals surface area contributed by atoms with E-state index in [-0.39, 0.29) is 6.04 Å². The van der Waals surface area contributed by atoms with E-state index in [0.29, 0.717) is 5.75 Å². The van der Waals surface area contributed by atoms with Crippen LogP contribution in [0.15, 0.2) is 11.1 Å². The number of carboxylic acid groups (broad SMARTS) is 1. The van der Waals surface area contributed by atoms with Crippen molar-refractivity contribution in [3.05, 3.63) is 11.8 Å². The van der Waals surface area contributed by atoms with Crippen molar-refractivity contribution in [1.29, 1.82) is 0 Å². The van der Waals surface area contributed by atoms with Crippen LogP contribution in [0.1, 0.15) is 26.5 Å². The van der Waals surface area contributed by atoms with Gasteiger partial charge in [-0.15, -0.1) is 11.8 Å². The number of aryl methyl sites for hydroxylation is 2. The molecule has 0 saturated carbocycles. The fourth-order valence-electron chi connectivity index (χ4n) is 1.74. The number of nitrogens with one attached hydrogen (secondary N) is 1. The molecule has 1 heterocycles. The average Bonchev–Trinajstić information content (AvgIpc) is 2.53. The third-order valence-electron chi connectivity index (χ3n) is 2.55. The molecule has 5 nitrogen and oxygen atoms in total. The molecule has 6 heteroatoms. The highest BCUT2D eigenvalue weighted by Gasteiger charge is 2.33. The summed E-state index contributed by atoms with van der Waals surface area (Å²) in [7, 11) is 1.86. The highest BCUT2D eigenvalue weighted by Crippen LogP contribution is 2.23. The maximum atomic E-state index is 11.4. The summed E-state index contributed by atoms with van der Waals surface area (Å²) in [4.78, 5) is 11.4. The van der Waals surface area contributed by atoms with Gasteiger partial charge in [-0.3, -0.25) is 14.8 Å². The first kappa shape index (κ1) is 15.0. The van der Waals surface area contributed by atoms with E-state index in [1.807, 2.05) is 33.9 Å². The molecule has 0 bridgehead atoms. The third-order valence-corrected chi connectivity index (χ3v) is 3.95. The Hall–Kier alpha value is -1.01.